The average molecular weight is 313 g/mol. The van der Waals surface area contributed by atoms with E-state index in [4.69, 9.17) is 25.8 Å². The van der Waals surface area contributed by atoms with Gasteiger partial charge in [0.1, 0.15) is 0 Å². The smallest absolute Gasteiger partial charge is 0.205 e. The van der Waals surface area contributed by atoms with Crippen molar-refractivity contribution in [3.8, 4) is 17.2 Å². The molecule has 1 fully saturated rings. The Morgan fingerprint density at radius 1 is 1.05 bits per heavy atom. The standard InChI is InChI=1S/C16H21ClO4/c1-4-19-14-11(13(18)10-7-8-10)9-12(17)15(20-5-2)16(14)21-6-3/h9-10H,4-8H2,1-3H3. The number of benzene rings is 1. The molecule has 0 heterocycles. The first kappa shape index (κ1) is 16.0. The van der Waals surface area contributed by atoms with E-state index < -0.39 is 0 Å². The summed E-state index contributed by atoms with van der Waals surface area (Å²) in [5.41, 5.74) is 0.497. The molecule has 5 heteroatoms. The number of rotatable bonds is 8. The molecular weight excluding hydrogens is 292 g/mol. The van der Waals surface area contributed by atoms with Gasteiger partial charge in [0.15, 0.2) is 17.3 Å². The second-order valence-electron chi connectivity index (χ2n) is 4.83. The number of ether oxygens (including phenoxy) is 3. The van der Waals surface area contributed by atoms with Crippen molar-refractivity contribution in [2.75, 3.05) is 19.8 Å². The molecule has 116 valence electrons. The summed E-state index contributed by atoms with van der Waals surface area (Å²) in [7, 11) is 0. The predicted octanol–water partition coefficient (Wildman–Crippen LogP) is 4.13. The lowest BCUT2D eigenvalue weighted by atomic mass is 10.0. The maximum Gasteiger partial charge on any atom is 0.205 e. The van der Waals surface area contributed by atoms with Gasteiger partial charge in [-0.3, -0.25) is 4.79 Å². The fraction of sp³-hybridized carbons (Fsp3) is 0.562. The third-order valence-corrected chi connectivity index (χ3v) is 3.51. The van der Waals surface area contributed by atoms with E-state index in [1.165, 1.54) is 0 Å². The molecule has 0 N–H and O–H groups in total. The van der Waals surface area contributed by atoms with Crippen LogP contribution in [-0.4, -0.2) is 25.6 Å². The van der Waals surface area contributed by atoms with Gasteiger partial charge in [0.25, 0.3) is 0 Å². The van der Waals surface area contributed by atoms with E-state index in [2.05, 4.69) is 0 Å². The number of hydrogen-bond donors (Lipinski definition) is 0. The number of carbonyl (C=O) groups is 1. The molecule has 0 amide bonds. The first-order valence-electron chi connectivity index (χ1n) is 7.43. The Kier molecular flexibility index (Phi) is 5.34. The van der Waals surface area contributed by atoms with Crippen molar-refractivity contribution in [3.05, 3.63) is 16.7 Å². The third-order valence-electron chi connectivity index (χ3n) is 3.22. The summed E-state index contributed by atoms with van der Waals surface area (Å²) in [5.74, 6) is 1.48. The zero-order valence-electron chi connectivity index (χ0n) is 12.7. The number of hydrogen-bond acceptors (Lipinski definition) is 4. The fourth-order valence-corrected chi connectivity index (χ4v) is 2.43. The van der Waals surface area contributed by atoms with Gasteiger partial charge in [-0.15, -0.1) is 0 Å². The van der Waals surface area contributed by atoms with Gasteiger partial charge < -0.3 is 14.2 Å². The van der Waals surface area contributed by atoms with Crippen molar-refractivity contribution in [3.63, 3.8) is 0 Å². The molecule has 1 aromatic carbocycles. The highest BCUT2D eigenvalue weighted by atomic mass is 35.5. The molecule has 0 aromatic heterocycles. The molecule has 0 aliphatic heterocycles. The highest BCUT2D eigenvalue weighted by molar-refractivity contribution is 6.33. The summed E-state index contributed by atoms with van der Waals surface area (Å²) in [6.07, 6.45) is 1.86. The number of halogens is 1. The van der Waals surface area contributed by atoms with E-state index in [1.807, 2.05) is 20.8 Å². The predicted molar refractivity (Wildman–Crippen MR) is 82.0 cm³/mol. The minimum atomic E-state index is 0.0735. The maximum absolute atomic E-state index is 12.4. The van der Waals surface area contributed by atoms with Crippen LogP contribution < -0.4 is 14.2 Å². The summed E-state index contributed by atoms with van der Waals surface area (Å²) in [5, 5.41) is 0.382. The Morgan fingerprint density at radius 2 is 1.57 bits per heavy atom. The van der Waals surface area contributed by atoms with Gasteiger partial charge in [0.2, 0.25) is 5.75 Å². The van der Waals surface area contributed by atoms with Crippen molar-refractivity contribution < 1.29 is 19.0 Å². The summed E-state index contributed by atoms with van der Waals surface area (Å²) < 4.78 is 16.9. The summed E-state index contributed by atoms with van der Waals surface area (Å²) in [6.45, 7) is 6.96. The Labute approximate surface area is 130 Å². The van der Waals surface area contributed by atoms with E-state index in [9.17, 15) is 4.79 Å². The largest absolute Gasteiger partial charge is 0.489 e. The first-order valence-corrected chi connectivity index (χ1v) is 7.80. The molecule has 0 unspecified atom stereocenters. The highest BCUT2D eigenvalue weighted by Gasteiger charge is 2.34. The molecule has 1 saturated carbocycles. The summed E-state index contributed by atoms with van der Waals surface area (Å²) in [6, 6.07) is 1.64. The molecule has 1 aromatic rings. The molecule has 1 aliphatic rings. The van der Waals surface area contributed by atoms with E-state index in [-0.39, 0.29) is 11.7 Å². The second-order valence-corrected chi connectivity index (χ2v) is 5.24. The first-order chi connectivity index (χ1) is 10.1. The van der Waals surface area contributed by atoms with Gasteiger partial charge in [-0.2, -0.15) is 0 Å². The molecule has 0 spiro atoms. The Hall–Kier alpha value is -1.42. The normalized spacial score (nSPS) is 13.9. The van der Waals surface area contributed by atoms with Crippen LogP contribution in [0.15, 0.2) is 6.07 Å². The topological polar surface area (TPSA) is 44.8 Å². The van der Waals surface area contributed by atoms with Crippen LogP contribution in [0.25, 0.3) is 0 Å². The molecule has 0 saturated heterocycles. The maximum atomic E-state index is 12.4. The lowest BCUT2D eigenvalue weighted by Crippen LogP contribution is -2.10. The van der Waals surface area contributed by atoms with Gasteiger partial charge in [0, 0.05) is 5.92 Å². The van der Waals surface area contributed by atoms with Crippen molar-refractivity contribution in [2.24, 2.45) is 5.92 Å². The van der Waals surface area contributed by atoms with Crippen LogP contribution in [-0.2, 0) is 0 Å². The monoisotopic (exact) mass is 312 g/mol. The molecule has 1 aliphatic carbocycles. The molecule has 0 bridgehead atoms. The van der Waals surface area contributed by atoms with Gasteiger partial charge in [-0.05, 0) is 39.7 Å². The van der Waals surface area contributed by atoms with Crippen LogP contribution in [0, 0.1) is 5.92 Å². The quantitative estimate of drug-likeness (QED) is 0.677. The fourth-order valence-electron chi connectivity index (χ4n) is 2.18. The van der Waals surface area contributed by atoms with Gasteiger partial charge in [-0.1, -0.05) is 11.6 Å². The number of Topliss-reactive ketones (excluding diaryl/α,β-unsaturated/α-hetero) is 1. The van der Waals surface area contributed by atoms with Crippen molar-refractivity contribution in [1.82, 2.24) is 0 Å². The molecule has 4 nitrogen and oxygen atoms in total. The number of carbonyl (C=O) groups excluding carboxylic acids is 1. The Morgan fingerprint density at radius 3 is 2.10 bits per heavy atom. The van der Waals surface area contributed by atoms with Crippen LogP contribution in [0.1, 0.15) is 44.0 Å². The lowest BCUT2D eigenvalue weighted by Gasteiger charge is -2.19. The van der Waals surface area contributed by atoms with Gasteiger partial charge in [-0.25, -0.2) is 0 Å². The van der Waals surface area contributed by atoms with Crippen molar-refractivity contribution in [2.45, 2.75) is 33.6 Å². The highest BCUT2D eigenvalue weighted by Crippen LogP contribution is 2.47. The van der Waals surface area contributed by atoms with Crippen LogP contribution in [0.5, 0.6) is 17.2 Å². The minimum Gasteiger partial charge on any atom is -0.489 e. The number of ketones is 1. The molecule has 0 atom stereocenters. The molecule has 0 radical (unpaired) electrons. The van der Waals surface area contributed by atoms with E-state index >= 15 is 0 Å². The zero-order valence-corrected chi connectivity index (χ0v) is 13.5. The minimum absolute atomic E-state index is 0.0735. The Bertz CT molecular complexity index is 523. The molecule has 21 heavy (non-hydrogen) atoms. The zero-order chi connectivity index (χ0) is 15.4. The lowest BCUT2D eigenvalue weighted by molar-refractivity contribution is 0.0962. The SMILES string of the molecule is CCOc1c(Cl)cc(C(=O)C2CC2)c(OCC)c1OCC. The second kappa shape index (κ2) is 7.03. The van der Waals surface area contributed by atoms with Crippen LogP contribution in [0.4, 0.5) is 0 Å². The van der Waals surface area contributed by atoms with Crippen LogP contribution in [0.3, 0.4) is 0 Å². The van der Waals surface area contributed by atoms with E-state index in [0.717, 1.165) is 12.8 Å². The Balaban J connectivity index is 2.55. The van der Waals surface area contributed by atoms with Gasteiger partial charge >= 0.3 is 0 Å². The van der Waals surface area contributed by atoms with Crippen LogP contribution in [0.2, 0.25) is 5.02 Å². The van der Waals surface area contributed by atoms with E-state index in [1.54, 1.807) is 6.07 Å². The summed E-state index contributed by atoms with van der Waals surface area (Å²) in [4.78, 5) is 12.4. The van der Waals surface area contributed by atoms with Crippen molar-refractivity contribution in [1.29, 1.82) is 0 Å². The third kappa shape index (κ3) is 3.43. The van der Waals surface area contributed by atoms with Gasteiger partial charge in [0.05, 0.1) is 30.4 Å². The average Bonchev–Trinajstić information content (AvgIpc) is 3.29. The molecule has 2 rings (SSSR count). The van der Waals surface area contributed by atoms with E-state index in [0.29, 0.717) is 47.7 Å². The molecular formula is C16H21ClO4. The van der Waals surface area contributed by atoms with Crippen molar-refractivity contribution >= 4 is 17.4 Å². The van der Waals surface area contributed by atoms with Crippen LogP contribution >= 0.6 is 11.6 Å². The summed E-state index contributed by atoms with van der Waals surface area (Å²) >= 11 is 6.28.